The Hall–Kier alpha value is -2.61. The van der Waals surface area contributed by atoms with E-state index in [4.69, 9.17) is 9.47 Å². The summed E-state index contributed by atoms with van der Waals surface area (Å²) in [6.07, 6.45) is 5.30. The van der Waals surface area contributed by atoms with Gasteiger partial charge in [0.15, 0.2) is 17.3 Å². The molecule has 3 heterocycles. The maximum absolute atomic E-state index is 5.48. The Balaban J connectivity index is 1.28. The Morgan fingerprint density at radius 2 is 1.93 bits per heavy atom. The SMILES string of the molecule is CCCCCNc1nncc(N2CCN(Cc3ccc4c(c3)OCO4)CC2)n1. The van der Waals surface area contributed by atoms with E-state index in [1.54, 1.807) is 6.20 Å². The van der Waals surface area contributed by atoms with Crippen molar-refractivity contribution in [3.63, 3.8) is 0 Å². The molecular formula is C20H28N6O2. The number of fused-ring (bicyclic) bond motifs is 1. The molecule has 2 aromatic rings. The highest BCUT2D eigenvalue weighted by atomic mass is 16.7. The van der Waals surface area contributed by atoms with Crippen LogP contribution in [0.15, 0.2) is 24.4 Å². The number of hydrogen-bond acceptors (Lipinski definition) is 8. The summed E-state index contributed by atoms with van der Waals surface area (Å²) < 4.78 is 10.9. The second kappa shape index (κ2) is 9.05. The molecule has 1 N–H and O–H groups in total. The number of nitrogens with zero attached hydrogens (tertiary/aromatic N) is 5. The molecule has 2 aliphatic rings. The topological polar surface area (TPSA) is 75.6 Å². The van der Waals surface area contributed by atoms with Crippen LogP contribution in [0.4, 0.5) is 11.8 Å². The molecule has 28 heavy (non-hydrogen) atoms. The Kier molecular flexibility index (Phi) is 6.06. The third kappa shape index (κ3) is 4.62. The van der Waals surface area contributed by atoms with Crippen molar-refractivity contribution in [2.24, 2.45) is 0 Å². The molecule has 8 nitrogen and oxygen atoms in total. The van der Waals surface area contributed by atoms with E-state index in [1.807, 2.05) is 6.07 Å². The second-order valence-corrected chi connectivity index (χ2v) is 7.22. The van der Waals surface area contributed by atoms with Gasteiger partial charge in [-0.25, -0.2) is 0 Å². The molecule has 1 aromatic heterocycles. The van der Waals surface area contributed by atoms with Gasteiger partial charge < -0.3 is 19.7 Å². The van der Waals surface area contributed by atoms with Gasteiger partial charge in [-0.1, -0.05) is 25.8 Å². The van der Waals surface area contributed by atoms with Gasteiger partial charge in [0, 0.05) is 39.3 Å². The minimum atomic E-state index is 0.319. The van der Waals surface area contributed by atoms with Gasteiger partial charge in [0.2, 0.25) is 12.7 Å². The average Bonchev–Trinajstić information content (AvgIpc) is 3.20. The number of unbranched alkanes of at least 4 members (excludes halogenated alkanes) is 2. The zero-order valence-corrected chi connectivity index (χ0v) is 16.4. The molecule has 0 spiro atoms. The smallest absolute Gasteiger partial charge is 0.244 e. The van der Waals surface area contributed by atoms with Crippen LogP contribution in [-0.4, -0.2) is 59.6 Å². The van der Waals surface area contributed by atoms with Gasteiger partial charge in [-0.15, -0.1) is 5.10 Å². The van der Waals surface area contributed by atoms with Crippen LogP contribution < -0.4 is 19.7 Å². The lowest BCUT2D eigenvalue weighted by Crippen LogP contribution is -2.46. The minimum Gasteiger partial charge on any atom is -0.454 e. The fraction of sp³-hybridized carbons (Fsp3) is 0.550. The van der Waals surface area contributed by atoms with Crippen LogP contribution >= 0.6 is 0 Å². The van der Waals surface area contributed by atoms with E-state index in [0.29, 0.717) is 12.7 Å². The molecule has 150 valence electrons. The Morgan fingerprint density at radius 1 is 1.07 bits per heavy atom. The van der Waals surface area contributed by atoms with Crippen LogP contribution in [0.5, 0.6) is 11.5 Å². The maximum atomic E-state index is 5.48. The summed E-state index contributed by atoms with van der Waals surface area (Å²) in [7, 11) is 0. The van der Waals surface area contributed by atoms with Crippen molar-refractivity contribution < 1.29 is 9.47 Å². The first-order valence-corrected chi connectivity index (χ1v) is 10.1. The lowest BCUT2D eigenvalue weighted by atomic mass is 10.1. The van der Waals surface area contributed by atoms with Crippen LogP contribution in [0.25, 0.3) is 0 Å². The second-order valence-electron chi connectivity index (χ2n) is 7.22. The fourth-order valence-electron chi connectivity index (χ4n) is 3.53. The quantitative estimate of drug-likeness (QED) is 0.696. The van der Waals surface area contributed by atoms with Crippen molar-refractivity contribution in [1.82, 2.24) is 20.1 Å². The third-order valence-corrected chi connectivity index (χ3v) is 5.15. The summed E-state index contributed by atoms with van der Waals surface area (Å²) in [4.78, 5) is 9.37. The van der Waals surface area contributed by atoms with Gasteiger partial charge in [-0.3, -0.25) is 4.90 Å². The molecule has 0 amide bonds. The van der Waals surface area contributed by atoms with E-state index in [1.165, 1.54) is 18.4 Å². The summed E-state index contributed by atoms with van der Waals surface area (Å²) in [6, 6.07) is 6.19. The zero-order valence-electron chi connectivity index (χ0n) is 16.4. The van der Waals surface area contributed by atoms with Gasteiger partial charge in [-0.05, 0) is 24.1 Å². The van der Waals surface area contributed by atoms with Gasteiger partial charge in [0.25, 0.3) is 0 Å². The Labute approximate surface area is 165 Å². The predicted octanol–water partition coefficient (Wildman–Crippen LogP) is 2.52. The molecule has 0 bridgehead atoms. The van der Waals surface area contributed by atoms with E-state index in [-0.39, 0.29) is 0 Å². The van der Waals surface area contributed by atoms with Gasteiger partial charge in [0.1, 0.15) is 0 Å². The van der Waals surface area contributed by atoms with E-state index in [9.17, 15) is 0 Å². The number of aromatic nitrogens is 3. The first-order valence-electron chi connectivity index (χ1n) is 10.1. The molecule has 0 saturated carbocycles. The Morgan fingerprint density at radius 3 is 2.79 bits per heavy atom. The monoisotopic (exact) mass is 384 g/mol. The standard InChI is InChI=1S/C20H28N6O2/c1-2-3-4-7-21-20-23-19(13-22-24-20)26-10-8-25(9-11-26)14-16-5-6-17-18(12-16)28-15-27-17/h5-6,12-13H,2-4,7-11,14-15H2,1H3,(H,21,23,24). The number of nitrogens with one attached hydrogen (secondary N) is 1. The molecule has 2 aliphatic heterocycles. The molecule has 8 heteroatoms. The number of benzene rings is 1. The highest BCUT2D eigenvalue weighted by Gasteiger charge is 2.20. The van der Waals surface area contributed by atoms with Crippen molar-refractivity contribution in [1.29, 1.82) is 0 Å². The molecule has 0 unspecified atom stereocenters. The third-order valence-electron chi connectivity index (χ3n) is 5.15. The van der Waals surface area contributed by atoms with Crippen molar-refractivity contribution >= 4 is 11.8 Å². The largest absolute Gasteiger partial charge is 0.454 e. The Bertz CT molecular complexity index is 779. The van der Waals surface area contributed by atoms with Crippen LogP contribution in [-0.2, 0) is 6.54 Å². The number of hydrogen-bond donors (Lipinski definition) is 1. The summed E-state index contributed by atoms with van der Waals surface area (Å²) in [5, 5.41) is 11.5. The summed E-state index contributed by atoms with van der Waals surface area (Å²) in [6.45, 7) is 8.15. The number of anilines is 2. The molecular weight excluding hydrogens is 356 g/mol. The van der Waals surface area contributed by atoms with Crippen LogP contribution in [0.1, 0.15) is 31.7 Å². The van der Waals surface area contributed by atoms with Crippen LogP contribution in [0.2, 0.25) is 0 Å². The first-order chi connectivity index (χ1) is 13.8. The summed E-state index contributed by atoms with van der Waals surface area (Å²) in [5.41, 5.74) is 1.25. The van der Waals surface area contributed by atoms with Crippen molar-refractivity contribution in [3.8, 4) is 11.5 Å². The lowest BCUT2D eigenvalue weighted by Gasteiger charge is -2.35. The molecule has 1 fully saturated rings. The lowest BCUT2D eigenvalue weighted by molar-refractivity contribution is 0.174. The van der Waals surface area contributed by atoms with E-state index < -0.39 is 0 Å². The normalized spacial score (nSPS) is 16.4. The predicted molar refractivity (Wildman–Crippen MR) is 108 cm³/mol. The number of ether oxygens (including phenoxy) is 2. The van der Waals surface area contributed by atoms with E-state index in [0.717, 1.165) is 63.0 Å². The van der Waals surface area contributed by atoms with Gasteiger partial charge in [0.05, 0.1) is 6.20 Å². The van der Waals surface area contributed by atoms with Gasteiger partial charge in [-0.2, -0.15) is 10.1 Å². The van der Waals surface area contributed by atoms with Crippen LogP contribution in [0.3, 0.4) is 0 Å². The number of rotatable bonds is 8. The first kappa shape index (κ1) is 18.7. The minimum absolute atomic E-state index is 0.319. The fourth-order valence-corrected chi connectivity index (χ4v) is 3.53. The molecule has 0 radical (unpaired) electrons. The summed E-state index contributed by atoms with van der Waals surface area (Å²) in [5.74, 6) is 3.21. The molecule has 1 saturated heterocycles. The molecule has 0 atom stereocenters. The molecule has 0 aliphatic carbocycles. The molecule has 4 rings (SSSR count). The maximum Gasteiger partial charge on any atom is 0.244 e. The van der Waals surface area contributed by atoms with Crippen molar-refractivity contribution in [3.05, 3.63) is 30.0 Å². The van der Waals surface area contributed by atoms with Crippen molar-refractivity contribution in [2.75, 3.05) is 49.7 Å². The van der Waals surface area contributed by atoms with Gasteiger partial charge >= 0.3 is 0 Å². The van der Waals surface area contributed by atoms with Crippen LogP contribution in [0, 0.1) is 0 Å². The van der Waals surface area contributed by atoms with E-state index >= 15 is 0 Å². The average molecular weight is 384 g/mol. The number of piperazine rings is 1. The van der Waals surface area contributed by atoms with Crippen molar-refractivity contribution in [2.45, 2.75) is 32.7 Å². The molecule has 1 aromatic carbocycles. The highest BCUT2D eigenvalue weighted by Crippen LogP contribution is 2.32. The van der Waals surface area contributed by atoms with E-state index in [2.05, 4.69) is 49.4 Å². The zero-order chi connectivity index (χ0) is 19.2. The highest BCUT2D eigenvalue weighted by molar-refractivity contribution is 5.44. The summed E-state index contributed by atoms with van der Waals surface area (Å²) >= 11 is 0.